The maximum Gasteiger partial charge on any atom is 0.304 e. The van der Waals surface area contributed by atoms with Gasteiger partial charge in [0.25, 0.3) is 6.43 Å². The summed E-state index contributed by atoms with van der Waals surface area (Å²) in [4.78, 5) is 13.1. The molecule has 6 nitrogen and oxygen atoms in total. The van der Waals surface area contributed by atoms with E-state index in [0.717, 1.165) is 6.20 Å². The molecule has 88 valence electrons. The molecule has 0 aliphatic carbocycles. The van der Waals surface area contributed by atoms with Gasteiger partial charge in [-0.05, 0) is 0 Å². The monoisotopic (exact) mass is 233 g/mol. The molecule has 1 aromatic heterocycles. The summed E-state index contributed by atoms with van der Waals surface area (Å²) in [7, 11) is 1.25. The van der Waals surface area contributed by atoms with Crippen LogP contribution in [-0.4, -0.2) is 17.0 Å². The van der Waals surface area contributed by atoms with Gasteiger partial charge in [0.05, 0.1) is 23.8 Å². The Kier molecular flexibility index (Phi) is 3.67. The van der Waals surface area contributed by atoms with Crippen LogP contribution in [0.15, 0.2) is 6.20 Å². The van der Waals surface area contributed by atoms with E-state index in [1.54, 1.807) is 0 Å². The van der Waals surface area contributed by atoms with Gasteiger partial charge in [0.1, 0.15) is 5.75 Å². The zero-order valence-electron chi connectivity index (χ0n) is 8.31. The lowest BCUT2D eigenvalue weighted by Gasteiger charge is -2.09. The summed E-state index contributed by atoms with van der Waals surface area (Å²) in [6, 6.07) is 0. The average molecular weight is 233 g/mol. The van der Waals surface area contributed by atoms with E-state index in [9.17, 15) is 18.9 Å². The molecule has 0 atom stereocenters. The highest BCUT2D eigenvalue weighted by atomic mass is 19.3. The number of hydrogen-bond donors (Lipinski definition) is 1. The maximum atomic E-state index is 12.5. The van der Waals surface area contributed by atoms with Crippen LogP contribution in [0.2, 0.25) is 0 Å². The zero-order chi connectivity index (χ0) is 12.3. The molecule has 0 amide bonds. The first-order chi connectivity index (χ1) is 7.52. The molecule has 0 aliphatic heterocycles. The summed E-state index contributed by atoms with van der Waals surface area (Å²) < 4.78 is 29.8. The Morgan fingerprint density at radius 3 is 2.69 bits per heavy atom. The summed E-state index contributed by atoms with van der Waals surface area (Å²) in [5.74, 6) is 0.0265. The standard InChI is InChI=1S/C8H9F2N3O3/c1-16-5-3-12-6(8(9)10)7(13(14)15)4(5)2-11/h3,8H,2,11H2,1H3. The fourth-order valence-electron chi connectivity index (χ4n) is 1.28. The minimum absolute atomic E-state index is 0.0265. The molecule has 1 aromatic rings. The number of methoxy groups -OCH3 is 1. The van der Waals surface area contributed by atoms with E-state index >= 15 is 0 Å². The van der Waals surface area contributed by atoms with E-state index in [1.165, 1.54) is 7.11 Å². The lowest BCUT2D eigenvalue weighted by Crippen LogP contribution is -2.09. The van der Waals surface area contributed by atoms with E-state index in [4.69, 9.17) is 10.5 Å². The molecule has 0 bridgehead atoms. The number of aromatic nitrogens is 1. The van der Waals surface area contributed by atoms with Crippen LogP contribution in [-0.2, 0) is 6.54 Å². The number of ether oxygens (including phenoxy) is 1. The van der Waals surface area contributed by atoms with Crippen molar-refractivity contribution in [1.29, 1.82) is 0 Å². The fourth-order valence-corrected chi connectivity index (χ4v) is 1.28. The molecule has 1 heterocycles. The van der Waals surface area contributed by atoms with Crippen molar-refractivity contribution >= 4 is 5.69 Å². The third-order valence-electron chi connectivity index (χ3n) is 1.96. The van der Waals surface area contributed by atoms with Gasteiger partial charge < -0.3 is 10.5 Å². The van der Waals surface area contributed by atoms with Crippen molar-refractivity contribution in [2.45, 2.75) is 13.0 Å². The van der Waals surface area contributed by atoms with Crippen molar-refractivity contribution < 1.29 is 18.4 Å². The number of rotatable bonds is 4. The van der Waals surface area contributed by atoms with Gasteiger partial charge in [-0.15, -0.1) is 0 Å². The van der Waals surface area contributed by atoms with Gasteiger partial charge in [0, 0.05) is 6.54 Å². The van der Waals surface area contributed by atoms with E-state index in [0.29, 0.717) is 0 Å². The molecule has 0 aliphatic rings. The normalized spacial score (nSPS) is 10.6. The molecule has 0 spiro atoms. The Bertz CT molecular complexity index is 412. The van der Waals surface area contributed by atoms with Gasteiger partial charge in [-0.3, -0.25) is 10.1 Å². The molecular weight excluding hydrogens is 224 g/mol. The van der Waals surface area contributed by atoms with Crippen LogP contribution in [0.4, 0.5) is 14.5 Å². The van der Waals surface area contributed by atoms with Crippen molar-refractivity contribution in [3.8, 4) is 5.75 Å². The molecule has 0 saturated heterocycles. The van der Waals surface area contributed by atoms with Gasteiger partial charge >= 0.3 is 5.69 Å². The SMILES string of the molecule is COc1cnc(C(F)F)c([N+](=O)[O-])c1CN. The topological polar surface area (TPSA) is 91.3 Å². The minimum Gasteiger partial charge on any atom is -0.495 e. The summed E-state index contributed by atoms with van der Waals surface area (Å²) in [6.07, 6.45) is -2.03. The first-order valence-electron chi connectivity index (χ1n) is 4.21. The van der Waals surface area contributed by atoms with Crippen LogP contribution in [0.3, 0.4) is 0 Å². The Morgan fingerprint density at radius 2 is 2.31 bits per heavy atom. The number of halogens is 2. The minimum atomic E-state index is -3.03. The third-order valence-corrected chi connectivity index (χ3v) is 1.96. The van der Waals surface area contributed by atoms with Crippen molar-refractivity contribution in [2.24, 2.45) is 5.73 Å². The maximum absolute atomic E-state index is 12.5. The number of nitro groups is 1. The Labute approximate surface area is 89.2 Å². The molecule has 2 N–H and O–H groups in total. The lowest BCUT2D eigenvalue weighted by molar-refractivity contribution is -0.387. The number of nitrogens with zero attached hydrogens (tertiary/aromatic N) is 2. The highest BCUT2D eigenvalue weighted by Crippen LogP contribution is 2.34. The molecule has 1 rings (SSSR count). The molecule has 8 heteroatoms. The number of alkyl halides is 2. The van der Waals surface area contributed by atoms with Crippen LogP contribution >= 0.6 is 0 Å². The largest absolute Gasteiger partial charge is 0.495 e. The molecular formula is C8H9F2N3O3. The number of pyridine rings is 1. The predicted octanol–water partition coefficient (Wildman–Crippen LogP) is 1.39. The van der Waals surface area contributed by atoms with E-state index in [-0.39, 0.29) is 17.9 Å². The van der Waals surface area contributed by atoms with Gasteiger partial charge in [-0.25, -0.2) is 13.8 Å². The summed E-state index contributed by atoms with van der Waals surface area (Å²) in [5, 5.41) is 10.7. The van der Waals surface area contributed by atoms with Gasteiger partial charge in [0.2, 0.25) is 0 Å². The average Bonchev–Trinajstić information content (AvgIpc) is 2.26. The van der Waals surface area contributed by atoms with Crippen LogP contribution in [0.25, 0.3) is 0 Å². The highest BCUT2D eigenvalue weighted by molar-refractivity contribution is 5.51. The fraction of sp³-hybridized carbons (Fsp3) is 0.375. The first-order valence-corrected chi connectivity index (χ1v) is 4.21. The predicted molar refractivity (Wildman–Crippen MR) is 50.3 cm³/mol. The molecule has 0 unspecified atom stereocenters. The summed E-state index contributed by atoms with van der Waals surface area (Å²) in [6.45, 7) is -0.276. The highest BCUT2D eigenvalue weighted by Gasteiger charge is 2.29. The van der Waals surface area contributed by atoms with Crippen molar-refractivity contribution in [3.05, 3.63) is 27.6 Å². The second kappa shape index (κ2) is 4.79. The van der Waals surface area contributed by atoms with Crippen molar-refractivity contribution in [3.63, 3.8) is 0 Å². The Hall–Kier alpha value is -1.83. The van der Waals surface area contributed by atoms with Crippen LogP contribution < -0.4 is 10.5 Å². The Morgan fingerprint density at radius 1 is 1.69 bits per heavy atom. The number of hydrogen-bond acceptors (Lipinski definition) is 5. The molecule has 0 saturated carbocycles. The van der Waals surface area contributed by atoms with E-state index in [1.807, 2.05) is 0 Å². The first kappa shape index (κ1) is 12.2. The molecule has 0 radical (unpaired) electrons. The van der Waals surface area contributed by atoms with Gasteiger partial charge in [-0.1, -0.05) is 0 Å². The molecule has 0 fully saturated rings. The van der Waals surface area contributed by atoms with Gasteiger partial charge in [-0.2, -0.15) is 0 Å². The second-order valence-electron chi connectivity index (χ2n) is 2.80. The summed E-state index contributed by atoms with van der Waals surface area (Å²) >= 11 is 0. The molecule has 16 heavy (non-hydrogen) atoms. The summed E-state index contributed by atoms with van der Waals surface area (Å²) in [5.41, 5.74) is 3.51. The smallest absolute Gasteiger partial charge is 0.304 e. The van der Waals surface area contributed by atoms with Crippen molar-refractivity contribution in [1.82, 2.24) is 4.98 Å². The Balaban J connectivity index is 3.50. The second-order valence-corrected chi connectivity index (χ2v) is 2.80. The van der Waals surface area contributed by atoms with E-state index in [2.05, 4.69) is 4.98 Å². The van der Waals surface area contributed by atoms with Crippen LogP contribution in [0.5, 0.6) is 5.75 Å². The van der Waals surface area contributed by atoms with Crippen LogP contribution in [0.1, 0.15) is 17.7 Å². The quantitative estimate of drug-likeness (QED) is 0.626. The van der Waals surface area contributed by atoms with Crippen LogP contribution in [0, 0.1) is 10.1 Å². The molecule has 0 aromatic carbocycles. The van der Waals surface area contributed by atoms with Gasteiger partial charge in [0.15, 0.2) is 5.69 Å². The zero-order valence-corrected chi connectivity index (χ0v) is 8.31. The van der Waals surface area contributed by atoms with E-state index < -0.39 is 22.7 Å². The lowest BCUT2D eigenvalue weighted by atomic mass is 10.1. The van der Waals surface area contributed by atoms with Crippen molar-refractivity contribution in [2.75, 3.05) is 7.11 Å². The third kappa shape index (κ3) is 2.06. The number of nitrogens with two attached hydrogens (primary N) is 1.